The zero-order valence-corrected chi connectivity index (χ0v) is 16.9. The number of para-hydroxylation sites is 1. The zero-order valence-electron chi connectivity index (χ0n) is 14.5. The number of amides is 1. The fraction of sp³-hybridized carbons (Fsp3) is 0.100. The van der Waals surface area contributed by atoms with E-state index in [0.717, 1.165) is 32.5 Å². The second-order valence-corrected chi connectivity index (χ2v) is 8.06. The molecule has 2 aromatic carbocycles. The molecular weight excluding hydrogens is 398 g/mol. The molecular formula is C20H16ClN3OS2. The lowest BCUT2D eigenvalue weighted by Crippen LogP contribution is -2.15. The Hall–Kier alpha value is -2.28. The van der Waals surface area contributed by atoms with E-state index < -0.39 is 0 Å². The standard InChI is InChI=1S/C20H16ClN3OS2/c1-26-18-5-3-2-4-16(18)22-19(25)10-15-12-27-20-23-17(11-24(15)20)13-6-8-14(21)9-7-13/h2-9,11-12H,10H2,1H3,(H,22,25). The number of carbonyl (C=O) groups is 1. The summed E-state index contributed by atoms with van der Waals surface area (Å²) in [4.78, 5) is 19.1. The van der Waals surface area contributed by atoms with Crippen molar-refractivity contribution >= 4 is 51.3 Å². The monoisotopic (exact) mass is 413 g/mol. The van der Waals surface area contributed by atoms with Crippen molar-refractivity contribution in [2.24, 2.45) is 0 Å². The van der Waals surface area contributed by atoms with Crippen LogP contribution < -0.4 is 5.32 Å². The lowest BCUT2D eigenvalue weighted by atomic mass is 10.2. The smallest absolute Gasteiger partial charge is 0.230 e. The molecule has 0 saturated carbocycles. The lowest BCUT2D eigenvalue weighted by molar-refractivity contribution is -0.115. The molecule has 0 saturated heterocycles. The van der Waals surface area contributed by atoms with Crippen LogP contribution in [0.2, 0.25) is 5.02 Å². The van der Waals surface area contributed by atoms with Gasteiger partial charge in [0.05, 0.1) is 17.8 Å². The largest absolute Gasteiger partial charge is 0.325 e. The fourth-order valence-electron chi connectivity index (χ4n) is 2.82. The van der Waals surface area contributed by atoms with Crippen molar-refractivity contribution in [2.45, 2.75) is 11.3 Å². The molecule has 7 heteroatoms. The predicted molar refractivity (Wildman–Crippen MR) is 114 cm³/mol. The van der Waals surface area contributed by atoms with Gasteiger partial charge in [-0.2, -0.15) is 0 Å². The van der Waals surface area contributed by atoms with Gasteiger partial charge in [-0.05, 0) is 30.5 Å². The number of halogens is 1. The zero-order chi connectivity index (χ0) is 18.8. The van der Waals surface area contributed by atoms with Gasteiger partial charge in [0.25, 0.3) is 0 Å². The number of hydrogen-bond donors (Lipinski definition) is 1. The number of anilines is 1. The Labute approximate surface area is 170 Å². The number of thiazole rings is 1. The summed E-state index contributed by atoms with van der Waals surface area (Å²) in [5.74, 6) is -0.0436. The van der Waals surface area contributed by atoms with Crippen LogP contribution in [0.15, 0.2) is 65.0 Å². The van der Waals surface area contributed by atoms with E-state index >= 15 is 0 Å². The summed E-state index contributed by atoms with van der Waals surface area (Å²) in [6.45, 7) is 0. The topological polar surface area (TPSA) is 46.4 Å². The molecule has 1 amide bonds. The first-order valence-electron chi connectivity index (χ1n) is 8.28. The SMILES string of the molecule is CSc1ccccc1NC(=O)Cc1csc2nc(-c3ccc(Cl)cc3)cn12. The minimum absolute atomic E-state index is 0.0436. The van der Waals surface area contributed by atoms with E-state index in [9.17, 15) is 4.79 Å². The second-order valence-electron chi connectivity index (χ2n) is 5.94. The van der Waals surface area contributed by atoms with E-state index in [1.807, 2.05) is 70.8 Å². The van der Waals surface area contributed by atoms with Gasteiger partial charge in [0, 0.05) is 32.8 Å². The average Bonchev–Trinajstić information content (AvgIpc) is 3.25. The van der Waals surface area contributed by atoms with Gasteiger partial charge in [0.2, 0.25) is 5.91 Å². The first kappa shape index (κ1) is 18.1. The van der Waals surface area contributed by atoms with E-state index in [1.165, 1.54) is 11.3 Å². The summed E-state index contributed by atoms with van der Waals surface area (Å²) in [5, 5.41) is 5.68. The van der Waals surface area contributed by atoms with Crippen LogP contribution >= 0.6 is 34.7 Å². The minimum atomic E-state index is -0.0436. The first-order valence-corrected chi connectivity index (χ1v) is 10.8. The Bertz CT molecular complexity index is 1100. The highest BCUT2D eigenvalue weighted by molar-refractivity contribution is 7.98. The van der Waals surface area contributed by atoms with E-state index in [2.05, 4.69) is 10.3 Å². The number of nitrogens with one attached hydrogen (secondary N) is 1. The van der Waals surface area contributed by atoms with Crippen LogP contribution in [-0.4, -0.2) is 21.5 Å². The van der Waals surface area contributed by atoms with E-state index in [-0.39, 0.29) is 5.91 Å². The van der Waals surface area contributed by atoms with Crippen LogP contribution in [0.5, 0.6) is 0 Å². The molecule has 0 unspecified atom stereocenters. The van der Waals surface area contributed by atoms with E-state index in [0.29, 0.717) is 11.4 Å². The molecule has 136 valence electrons. The van der Waals surface area contributed by atoms with E-state index in [1.54, 1.807) is 11.8 Å². The van der Waals surface area contributed by atoms with Crippen molar-refractivity contribution < 1.29 is 4.79 Å². The molecule has 0 bridgehead atoms. The molecule has 4 nitrogen and oxygen atoms in total. The highest BCUT2D eigenvalue weighted by atomic mass is 35.5. The quantitative estimate of drug-likeness (QED) is 0.432. The summed E-state index contributed by atoms with van der Waals surface area (Å²) in [6.07, 6.45) is 4.25. The van der Waals surface area contributed by atoms with Gasteiger partial charge in [-0.3, -0.25) is 9.20 Å². The summed E-state index contributed by atoms with van der Waals surface area (Å²) in [6, 6.07) is 15.4. The fourth-order valence-corrected chi connectivity index (χ4v) is 4.38. The molecule has 0 spiro atoms. The Morgan fingerprint density at radius 3 is 2.78 bits per heavy atom. The number of imidazole rings is 1. The van der Waals surface area contributed by atoms with Crippen LogP contribution in [0, 0.1) is 0 Å². The Kier molecular flexibility index (Phi) is 5.20. The lowest BCUT2D eigenvalue weighted by Gasteiger charge is -2.08. The number of benzene rings is 2. The molecule has 1 N–H and O–H groups in total. The Balaban J connectivity index is 1.55. The van der Waals surface area contributed by atoms with Gasteiger partial charge < -0.3 is 5.32 Å². The first-order chi connectivity index (χ1) is 13.1. The van der Waals surface area contributed by atoms with Crippen LogP contribution in [0.1, 0.15) is 5.69 Å². The maximum absolute atomic E-state index is 12.5. The third-order valence-corrected chi connectivity index (χ3v) is 6.08. The van der Waals surface area contributed by atoms with Gasteiger partial charge in [0.1, 0.15) is 0 Å². The maximum Gasteiger partial charge on any atom is 0.230 e. The Morgan fingerprint density at radius 2 is 2.00 bits per heavy atom. The number of fused-ring (bicyclic) bond motifs is 1. The molecule has 2 heterocycles. The minimum Gasteiger partial charge on any atom is -0.325 e. The third-order valence-electron chi connectivity index (χ3n) is 4.15. The normalized spacial score (nSPS) is 11.0. The molecule has 4 aromatic rings. The van der Waals surface area contributed by atoms with Crippen molar-refractivity contribution in [3.63, 3.8) is 0 Å². The number of rotatable bonds is 5. The summed E-state index contributed by atoms with van der Waals surface area (Å²) in [7, 11) is 0. The molecule has 2 aromatic heterocycles. The van der Waals surface area contributed by atoms with Crippen LogP contribution in [0.3, 0.4) is 0 Å². The predicted octanol–water partition coefficient (Wildman–Crippen LogP) is 5.62. The van der Waals surface area contributed by atoms with Crippen molar-refractivity contribution in [2.75, 3.05) is 11.6 Å². The number of nitrogens with zero attached hydrogens (tertiary/aromatic N) is 2. The van der Waals surface area contributed by atoms with Gasteiger partial charge in [-0.25, -0.2) is 4.98 Å². The van der Waals surface area contributed by atoms with Gasteiger partial charge in [-0.1, -0.05) is 35.9 Å². The summed E-state index contributed by atoms with van der Waals surface area (Å²) in [5.41, 5.74) is 3.63. The number of hydrogen-bond acceptors (Lipinski definition) is 4. The number of thioether (sulfide) groups is 1. The molecule has 0 aliphatic carbocycles. The Morgan fingerprint density at radius 1 is 1.22 bits per heavy atom. The highest BCUT2D eigenvalue weighted by Gasteiger charge is 2.13. The second kappa shape index (κ2) is 7.76. The van der Waals surface area contributed by atoms with Gasteiger partial charge in [0.15, 0.2) is 4.96 Å². The van der Waals surface area contributed by atoms with Gasteiger partial charge in [-0.15, -0.1) is 23.1 Å². The average molecular weight is 414 g/mol. The van der Waals surface area contributed by atoms with Gasteiger partial charge >= 0.3 is 0 Å². The van der Waals surface area contributed by atoms with Crippen LogP contribution in [0.4, 0.5) is 5.69 Å². The molecule has 0 radical (unpaired) electrons. The molecule has 0 aliphatic rings. The van der Waals surface area contributed by atoms with E-state index in [4.69, 9.17) is 11.6 Å². The van der Waals surface area contributed by atoms with Crippen LogP contribution in [-0.2, 0) is 11.2 Å². The van der Waals surface area contributed by atoms with Crippen molar-refractivity contribution in [3.05, 3.63) is 70.8 Å². The molecule has 0 aliphatic heterocycles. The maximum atomic E-state index is 12.5. The van der Waals surface area contributed by atoms with Crippen molar-refractivity contribution in [1.29, 1.82) is 0 Å². The molecule has 27 heavy (non-hydrogen) atoms. The summed E-state index contributed by atoms with van der Waals surface area (Å²) < 4.78 is 1.98. The summed E-state index contributed by atoms with van der Waals surface area (Å²) >= 11 is 9.10. The van der Waals surface area contributed by atoms with Crippen molar-refractivity contribution in [3.8, 4) is 11.3 Å². The number of carbonyl (C=O) groups excluding carboxylic acids is 1. The molecule has 0 atom stereocenters. The highest BCUT2D eigenvalue weighted by Crippen LogP contribution is 2.27. The number of aromatic nitrogens is 2. The third kappa shape index (κ3) is 3.88. The molecule has 4 rings (SSSR count). The molecule has 0 fully saturated rings. The van der Waals surface area contributed by atoms with Crippen LogP contribution in [0.25, 0.3) is 16.2 Å². The van der Waals surface area contributed by atoms with Crippen molar-refractivity contribution in [1.82, 2.24) is 9.38 Å².